The van der Waals surface area contributed by atoms with Gasteiger partial charge in [0.2, 0.25) is 23.8 Å². The maximum atomic E-state index is 12.9. The Morgan fingerprint density at radius 3 is 1.93 bits per heavy atom. The summed E-state index contributed by atoms with van der Waals surface area (Å²) in [6.45, 7) is 2.45. The van der Waals surface area contributed by atoms with Crippen molar-refractivity contribution in [1.82, 2.24) is 28.7 Å². The van der Waals surface area contributed by atoms with E-state index in [0.29, 0.717) is 6.54 Å². The van der Waals surface area contributed by atoms with Gasteiger partial charge in [0.05, 0.1) is 39.5 Å². The molecule has 0 aliphatic rings. The van der Waals surface area contributed by atoms with Crippen molar-refractivity contribution in [3.05, 3.63) is 31.5 Å². The third-order valence-electron chi connectivity index (χ3n) is 5.33. The van der Waals surface area contributed by atoms with Crippen LogP contribution in [0.5, 0.6) is 0 Å². The van der Waals surface area contributed by atoms with Gasteiger partial charge in [0.1, 0.15) is 20.2 Å². The van der Waals surface area contributed by atoms with Gasteiger partial charge in [-0.2, -0.15) is 15.0 Å². The Hall–Kier alpha value is -3.71. The molecule has 0 fully saturated rings. The number of ether oxygens (including phenoxy) is 4. The first-order chi connectivity index (χ1) is 19.2. The summed E-state index contributed by atoms with van der Waals surface area (Å²) in [6.07, 6.45) is 0. The molecule has 0 spiro atoms. The first kappa shape index (κ1) is 32.5. The van der Waals surface area contributed by atoms with Crippen LogP contribution in [-0.4, -0.2) is 108 Å². The fourth-order valence-corrected chi connectivity index (χ4v) is 3.45. The lowest BCUT2D eigenvalue weighted by Crippen LogP contribution is -2.55. The monoisotopic (exact) mass is 571 g/mol. The SMILES string of the molecule is CCNc1nc(N(COC)COCCn2c(=O)n(CCO)c(=O)n(CCOC)c2=O)nc(N(COC)C(C)=O)n1. The van der Waals surface area contributed by atoms with Crippen LogP contribution in [0.25, 0.3) is 0 Å². The van der Waals surface area contributed by atoms with E-state index in [2.05, 4.69) is 20.3 Å². The van der Waals surface area contributed by atoms with E-state index in [1.54, 1.807) is 0 Å². The summed E-state index contributed by atoms with van der Waals surface area (Å²) in [5, 5.41) is 12.3. The van der Waals surface area contributed by atoms with E-state index in [4.69, 9.17) is 18.9 Å². The lowest BCUT2D eigenvalue weighted by atomic mass is 10.5. The van der Waals surface area contributed by atoms with Gasteiger partial charge in [-0.25, -0.2) is 28.1 Å². The largest absolute Gasteiger partial charge is 0.395 e. The summed E-state index contributed by atoms with van der Waals surface area (Å²) < 4.78 is 23.5. The molecule has 40 heavy (non-hydrogen) atoms. The molecule has 0 radical (unpaired) electrons. The molecule has 0 saturated carbocycles. The number of amides is 1. The molecule has 0 atom stereocenters. The molecule has 0 bridgehead atoms. The van der Waals surface area contributed by atoms with Crippen molar-refractivity contribution in [2.75, 3.05) is 83.0 Å². The maximum Gasteiger partial charge on any atom is 0.336 e. The van der Waals surface area contributed by atoms with E-state index in [1.807, 2.05) is 6.92 Å². The van der Waals surface area contributed by atoms with Crippen molar-refractivity contribution in [3.8, 4) is 0 Å². The lowest BCUT2D eigenvalue weighted by molar-refractivity contribution is -0.117. The van der Waals surface area contributed by atoms with Crippen LogP contribution in [0.15, 0.2) is 14.4 Å². The van der Waals surface area contributed by atoms with Crippen molar-refractivity contribution in [1.29, 1.82) is 0 Å². The predicted octanol–water partition coefficient (Wildman–Crippen LogP) is -2.53. The molecule has 0 aromatic carbocycles. The van der Waals surface area contributed by atoms with Crippen LogP contribution in [0.4, 0.5) is 17.8 Å². The summed E-state index contributed by atoms with van der Waals surface area (Å²) in [5.74, 6) is 0.0341. The van der Waals surface area contributed by atoms with E-state index < -0.39 is 23.7 Å². The standard InChI is InChI=1S/C22H37N9O9/c1-6-23-17-24-18(26-19(25-17)31(15-39-5)16(2)33)27(13-38-4)14-40-12-9-30-21(35)28(7-10-32)20(34)29(22(30)36)8-11-37-3/h32H,6-15H2,1-5H3,(H,23,24,25,26). The van der Waals surface area contributed by atoms with Crippen LogP contribution in [-0.2, 0) is 43.4 Å². The second-order valence-corrected chi connectivity index (χ2v) is 8.17. The van der Waals surface area contributed by atoms with Crippen molar-refractivity contribution in [3.63, 3.8) is 0 Å². The molecule has 18 heteroatoms. The van der Waals surface area contributed by atoms with E-state index in [9.17, 15) is 24.3 Å². The minimum atomic E-state index is -0.866. The van der Waals surface area contributed by atoms with Crippen molar-refractivity contribution in [2.45, 2.75) is 33.5 Å². The molecular weight excluding hydrogens is 534 g/mol. The number of carbonyl (C=O) groups is 1. The Morgan fingerprint density at radius 2 is 1.40 bits per heavy atom. The second kappa shape index (κ2) is 16.4. The van der Waals surface area contributed by atoms with Gasteiger partial charge >= 0.3 is 17.1 Å². The summed E-state index contributed by atoms with van der Waals surface area (Å²) >= 11 is 0. The molecule has 224 valence electrons. The highest BCUT2D eigenvalue weighted by molar-refractivity contribution is 5.89. The number of aromatic nitrogens is 6. The fourth-order valence-electron chi connectivity index (χ4n) is 3.45. The van der Waals surface area contributed by atoms with Gasteiger partial charge in [0.25, 0.3) is 0 Å². The number of methoxy groups -OCH3 is 3. The molecule has 0 unspecified atom stereocenters. The van der Waals surface area contributed by atoms with Crippen LogP contribution in [0.1, 0.15) is 13.8 Å². The van der Waals surface area contributed by atoms with E-state index in [-0.39, 0.29) is 76.8 Å². The summed E-state index contributed by atoms with van der Waals surface area (Å²) in [4.78, 5) is 66.1. The number of hydrogen-bond acceptors (Lipinski definition) is 14. The Bertz CT molecular complexity index is 1280. The van der Waals surface area contributed by atoms with E-state index >= 15 is 0 Å². The van der Waals surface area contributed by atoms with E-state index in [0.717, 1.165) is 13.7 Å². The number of carbonyl (C=O) groups excluding carboxylic acids is 1. The zero-order valence-electron chi connectivity index (χ0n) is 23.4. The first-order valence-electron chi connectivity index (χ1n) is 12.4. The number of nitrogens with one attached hydrogen (secondary N) is 1. The average molecular weight is 572 g/mol. The Kier molecular flexibility index (Phi) is 13.3. The van der Waals surface area contributed by atoms with Gasteiger partial charge < -0.3 is 29.4 Å². The molecule has 2 rings (SSSR count). The number of rotatable bonds is 18. The zero-order chi connectivity index (χ0) is 29.7. The minimum Gasteiger partial charge on any atom is -0.395 e. The molecule has 2 N–H and O–H groups in total. The van der Waals surface area contributed by atoms with Gasteiger partial charge in [-0.1, -0.05) is 0 Å². The van der Waals surface area contributed by atoms with Crippen molar-refractivity contribution < 1.29 is 28.8 Å². The second-order valence-electron chi connectivity index (χ2n) is 8.17. The van der Waals surface area contributed by atoms with Gasteiger partial charge in [-0.3, -0.25) is 14.6 Å². The molecule has 2 heterocycles. The topological polar surface area (TPSA) is 197 Å². The molecule has 2 aromatic heterocycles. The van der Waals surface area contributed by atoms with Crippen LogP contribution in [0.2, 0.25) is 0 Å². The molecule has 0 saturated heterocycles. The van der Waals surface area contributed by atoms with Crippen LogP contribution in [0, 0.1) is 0 Å². The van der Waals surface area contributed by atoms with Crippen LogP contribution in [0.3, 0.4) is 0 Å². The summed E-state index contributed by atoms with van der Waals surface area (Å²) in [7, 11) is 4.31. The Labute approximate surface area is 229 Å². The number of nitrogens with zero attached hydrogens (tertiary/aromatic N) is 8. The maximum absolute atomic E-state index is 12.9. The van der Waals surface area contributed by atoms with Gasteiger partial charge in [-0.15, -0.1) is 0 Å². The third-order valence-corrected chi connectivity index (χ3v) is 5.33. The van der Waals surface area contributed by atoms with Crippen LogP contribution < -0.4 is 32.2 Å². The summed E-state index contributed by atoms with van der Waals surface area (Å²) in [5.41, 5.74) is -2.52. The molecule has 2 aromatic rings. The molecule has 0 aliphatic carbocycles. The number of hydrogen-bond donors (Lipinski definition) is 2. The van der Waals surface area contributed by atoms with Gasteiger partial charge in [0.15, 0.2) is 0 Å². The third kappa shape index (κ3) is 8.39. The molecule has 0 aliphatic heterocycles. The average Bonchev–Trinajstić information content (AvgIpc) is 2.92. The number of aliphatic hydroxyl groups excluding tert-OH is 1. The van der Waals surface area contributed by atoms with Crippen LogP contribution >= 0.6 is 0 Å². The highest BCUT2D eigenvalue weighted by atomic mass is 16.5. The fraction of sp³-hybridized carbons (Fsp3) is 0.682. The molecule has 1 amide bonds. The first-order valence-corrected chi connectivity index (χ1v) is 12.4. The molecule has 18 nitrogen and oxygen atoms in total. The lowest BCUT2D eigenvalue weighted by Gasteiger charge is -2.24. The minimum absolute atomic E-state index is 0.00941. The highest BCUT2D eigenvalue weighted by Gasteiger charge is 2.21. The summed E-state index contributed by atoms with van der Waals surface area (Å²) in [6, 6.07) is 0. The normalized spacial score (nSPS) is 11.1. The van der Waals surface area contributed by atoms with E-state index in [1.165, 1.54) is 38.1 Å². The smallest absolute Gasteiger partial charge is 0.336 e. The number of aliphatic hydroxyl groups is 1. The molecular formula is C22H37N9O9. The zero-order valence-corrected chi connectivity index (χ0v) is 23.4. The van der Waals surface area contributed by atoms with Gasteiger partial charge in [-0.05, 0) is 6.92 Å². The Morgan fingerprint density at radius 1 is 0.825 bits per heavy atom. The van der Waals surface area contributed by atoms with Gasteiger partial charge in [0, 0.05) is 34.8 Å². The number of anilines is 3. The predicted molar refractivity (Wildman–Crippen MR) is 142 cm³/mol. The van der Waals surface area contributed by atoms with Crippen molar-refractivity contribution in [2.24, 2.45) is 0 Å². The van der Waals surface area contributed by atoms with Crippen molar-refractivity contribution >= 4 is 23.8 Å². The highest BCUT2D eigenvalue weighted by Crippen LogP contribution is 2.17. The quantitative estimate of drug-likeness (QED) is 0.140. The Balaban J connectivity index is 2.30.